The number of aromatic nitrogens is 2. The summed E-state index contributed by atoms with van der Waals surface area (Å²) < 4.78 is 11.3. The Morgan fingerprint density at radius 2 is 1.44 bits per heavy atom. The van der Waals surface area contributed by atoms with Crippen molar-refractivity contribution in [1.82, 2.24) is 9.78 Å². The Morgan fingerprint density at radius 3 is 2.12 bits per heavy atom. The average Bonchev–Trinajstić information content (AvgIpc) is 3.29. The second-order valence-electron chi connectivity index (χ2n) is 7.23. The number of carboxylic acid groups (broad SMARTS) is 1. The molecular weight excluding hydrogens is 436 g/mol. The third kappa shape index (κ3) is 4.04. The zero-order valence-electron chi connectivity index (χ0n) is 18.4. The van der Waals surface area contributed by atoms with Crippen LogP contribution in [0, 0.1) is 0 Å². The molecule has 0 aliphatic rings. The van der Waals surface area contributed by atoms with E-state index in [1.54, 1.807) is 66.7 Å². The Balaban J connectivity index is 1.98. The third-order valence-corrected chi connectivity index (χ3v) is 5.26. The monoisotopic (exact) mass is 456 g/mol. The molecule has 0 aliphatic heterocycles. The van der Waals surface area contributed by atoms with Crippen molar-refractivity contribution in [1.29, 1.82) is 0 Å². The lowest BCUT2D eigenvalue weighted by Gasteiger charge is -2.08. The van der Waals surface area contributed by atoms with Crippen LogP contribution in [0.3, 0.4) is 0 Å². The van der Waals surface area contributed by atoms with Crippen molar-refractivity contribution >= 4 is 17.9 Å². The minimum absolute atomic E-state index is 0.0538. The minimum atomic E-state index is -1.06. The normalized spacial score (nSPS) is 10.5. The number of esters is 2. The summed E-state index contributed by atoms with van der Waals surface area (Å²) in [7, 11) is 2.43. The van der Waals surface area contributed by atoms with Gasteiger partial charge in [-0.3, -0.25) is 0 Å². The van der Waals surface area contributed by atoms with E-state index in [-0.39, 0.29) is 22.5 Å². The van der Waals surface area contributed by atoms with Gasteiger partial charge in [-0.2, -0.15) is 5.10 Å². The number of carbonyl (C=O) groups is 3. The molecule has 1 N–H and O–H groups in total. The van der Waals surface area contributed by atoms with Crippen LogP contribution in [-0.4, -0.2) is 47.0 Å². The standard InChI is InChI=1S/C26H20N2O6/c1-33-25(31)21-22(27-28(23(21)26(32)34-2)18-11-4-3-5-12-18)17-10-8-9-16(15-17)19-13-6-7-14-20(19)24(29)30/h3-15H,1-2H3,(H,29,30). The number of aromatic carboxylic acids is 1. The van der Waals surface area contributed by atoms with Crippen molar-refractivity contribution in [3.63, 3.8) is 0 Å². The summed E-state index contributed by atoms with van der Waals surface area (Å²) in [5.74, 6) is -2.57. The first kappa shape index (κ1) is 22.5. The van der Waals surface area contributed by atoms with Crippen molar-refractivity contribution < 1.29 is 29.0 Å². The van der Waals surface area contributed by atoms with E-state index in [1.165, 1.54) is 25.0 Å². The molecule has 4 rings (SSSR count). The highest BCUT2D eigenvalue weighted by molar-refractivity contribution is 6.07. The summed E-state index contributed by atoms with van der Waals surface area (Å²) in [6.45, 7) is 0. The zero-order valence-corrected chi connectivity index (χ0v) is 18.4. The highest BCUT2D eigenvalue weighted by Gasteiger charge is 2.31. The molecule has 0 saturated heterocycles. The summed E-state index contributed by atoms with van der Waals surface area (Å²) in [5, 5.41) is 14.2. The van der Waals surface area contributed by atoms with E-state index >= 15 is 0 Å². The number of benzene rings is 3. The number of ether oxygens (including phenoxy) is 2. The predicted molar refractivity (Wildman–Crippen MR) is 124 cm³/mol. The van der Waals surface area contributed by atoms with Gasteiger partial charge in [0.25, 0.3) is 0 Å². The van der Waals surface area contributed by atoms with Crippen LogP contribution in [0.4, 0.5) is 0 Å². The average molecular weight is 456 g/mol. The van der Waals surface area contributed by atoms with E-state index in [0.29, 0.717) is 22.4 Å². The summed E-state index contributed by atoms with van der Waals surface area (Å²) >= 11 is 0. The van der Waals surface area contributed by atoms with Crippen molar-refractivity contribution in [2.24, 2.45) is 0 Å². The van der Waals surface area contributed by atoms with Crippen LogP contribution in [0.5, 0.6) is 0 Å². The number of carbonyl (C=O) groups excluding carboxylic acids is 2. The third-order valence-electron chi connectivity index (χ3n) is 5.26. The lowest BCUT2D eigenvalue weighted by molar-refractivity contribution is 0.0549. The molecule has 0 fully saturated rings. The summed E-state index contributed by atoms with van der Waals surface area (Å²) in [6, 6.07) is 22.4. The lowest BCUT2D eigenvalue weighted by Crippen LogP contribution is -2.15. The molecular formula is C26H20N2O6. The maximum atomic E-state index is 12.8. The molecule has 0 aliphatic carbocycles. The second-order valence-corrected chi connectivity index (χ2v) is 7.23. The summed E-state index contributed by atoms with van der Waals surface area (Å²) in [6.07, 6.45) is 0. The van der Waals surface area contributed by atoms with Gasteiger partial charge in [0.2, 0.25) is 0 Å². The highest BCUT2D eigenvalue weighted by atomic mass is 16.5. The van der Waals surface area contributed by atoms with E-state index in [9.17, 15) is 19.5 Å². The van der Waals surface area contributed by atoms with Gasteiger partial charge >= 0.3 is 17.9 Å². The van der Waals surface area contributed by atoms with Gasteiger partial charge < -0.3 is 14.6 Å². The maximum absolute atomic E-state index is 12.8. The molecule has 3 aromatic carbocycles. The Labute approximate surface area is 195 Å². The summed E-state index contributed by atoms with van der Waals surface area (Å²) in [4.78, 5) is 37.3. The first-order valence-electron chi connectivity index (χ1n) is 10.2. The van der Waals surface area contributed by atoms with E-state index < -0.39 is 17.9 Å². The van der Waals surface area contributed by atoms with Crippen LogP contribution in [0.2, 0.25) is 0 Å². The summed E-state index contributed by atoms with van der Waals surface area (Å²) in [5.41, 5.74) is 2.37. The first-order chi connectivity index (χ1) is 16.5. The van der Waals surface area contributed by atoms with Gasteiger partial charge in [-0.25, -0.2) is 19.1 Å². The Kier molecular flexibility index (Phi) is 6.22. The molecule has 8 nitrogen and oxygen atoms in total. The number of para-hydroxylation sites is 1. The van der Waals surface area contributed by atoms with Crippen LogP contribution in [0.1, 0.15) is 31.2 Å². The lowest BCUT2D eigenvalue weighted by atomic mass is 9.96. The van der Waals surface area contributed by atoms with Gasteiger partial charge in [0.1, 0.15) is 11.3 Å². The van der Waals surface area contributed by atoms with Gasteiger partial charge in [0, 0.05) is 5.56 Å². The van der Waals surface area contributed by atoms with E-state index in [4.69, 9.17) is 9.47 Å². The number of nitrogens with zero attached hydrogens (tertiary/aromatic N) is 2. The number of hydrogen-bond acceptors (Lipinski definition) is 6. The topological polar surface area (TPSA) is 108 Å². The van der Waals surface area contributed by atoms with E-state index in [0.717, 1.165) is 0 Å². The van der Waals surface area contributed by atoms with Crippen molar-refractivity contribution in [3.8, 4) is 28.1 Å². The van der Waals surface area contributed by atoms with Crippen molar-refractivity contribution in [3.05, 3.63) is 95.7 Å². The minimum Gasteiger partial charge on any atom is -0.478 e. The fourth-order valence-corrected chi connectivity index (χ4v) is 3.71. The number of hydrogen-bond donors (Lipinski definition) is 1. The highest BCUT2D eigenvalue weighted by Crippen LogP contribution is 2.32. The van der Waals surface area contributed by atoms with Gasteiger partial charge in [-0.05, 0) is 35.4 Å². The molecule has 34 heavy (non-hydrogen) atoms. The maximum Gasteiger partial charge on any atom is 0.357 e. The molecule has 1 heterocycles. The second kappa shape index (κ2) is 9.41. The molecule has 0 spiro atoms. The van der Waals surface area contributed by atoms with Crippen molar-refractivity contribution in [2.45, 2.75) is 0 Å². The zero-order chi connectivity index (χ0) is 24.2. The van der Waals surface area contributed by atoms with Crippen LogP contribution in [0.15, 0.2) is 78.9 Å². The molecule has 8 heteroatoms. The molecule has 1 aromatic heterocycles. The Morgan fingerprint density at radius 1 is 0.794 bits per heavy atom. The largest absolute Gasteiger partial charge is 0.478 e. The first-order valence-corrected chi connectivity index (χ1v) is 10.2. The molecule has 0 bridgehead atoms. The molecule has 0 amide bonds. The molecule has 0 saturated carbocycles. The van der Waals surface area contributed by atoms with Gasteiger partial charge in [-0.15, -0.1) is 0 Å². The predicted octanol–water partition coefficient (Wildman–Crippen LogP) is 4.48. The Bertz CT molecular complexity index is 1390. The number of carboxylic acids is 1. The smallest absolute Gasteiger partial charge is 0.357 e. The molecule has 4 aromatic rings. The quantitative estimate of drug-likeness (QED) is 0.426. The van der Waals surface area contributed by atoms with Gasteiger partial charge in [0.05, 0.1) is 25.5 Å². The van der Waals surface area contributed by atoms with Gasteiger partial charge in [0.15, 0.2) is 5.69 Å². The number of methoxy groups -OCH3 is 2. The molecule has 0 unspecified atom stereocenters. The van der Waals surface area contributed by atoms with Crippen LogP contribution in [0.25, 0.3) is 28.1 Å². The van der Waals surface area contributed by atoms with Gasteiger partial charge in [-0.1, -0.05) is 54.6 Å². The van der Waals surface area contributed by atoms with Crippen molar-refractivity contribution in [2.75, 3.05) is 14.2 Å². The fourth-order valence-electron chi connectivity index (χ4n) is 3.71. The van der Waals surface area contributed by atoms with Crippen LogP contribution >= 0.6 is 0 Å². The number of rotatable bonds is 6. The molecule has 0 atom stereocenters. The molecule has 0 radical (unpaired) electrons. The fraction of sp³-hybridized carbons (Fsp3) is 0.0769. The Hall–Kier alpha value is -4.72. The van der Waals surface area contributed by atoms with Crippen LogP contribution in [-0.2, 0) is 9.47 Å². The SMILES string of the molecule is COC(=O)c1c(-c2cccc(-c3ccccc3C(=O)O)c2)nn(-c2ccccc2)c1C(=O)OC. The van der Waals surface area contributed by atoms with E-state index in [1.807, 2.05) is 6.07 Å². The van der Waals surface area contributed by atoms with E-state index in [2.05, 4.69) is 5.10 Å². The molecule has 170 valence electrons. The van der Waals surface area contributed by atoms with Crippen LogP contribution < -0.4 is 0 Å².